The van der Waals surface area contributed by atoms with Gasteiger partial charge in [0.15, 0.2) is 0 Å². The van der Waals surface area contributed by atoms with Gasteiger partial charge < -0.3 is 10.0 Å². The summed E-state index contributed by atoms with van der Waals surface area (Å²) < 4.78 is 0. The fraction of sp³-hybridized carbons (Fsp3) is 0.600. The van der Waals surface area contributed by atoms with E-state index in [0.29, 0.717) is 12.6 Å². The largest absolute Gasteiger partial charge is 0.384 e. The normalized spacial score (nSPS) is 33.5. The zero-order valence-electron chi connectivity index (χ0n) is 8.51. The molecular weight excluding hydrogens is 178 g/mol. The Morgan fingerprint density at radius 2 is 2.14 bits per heavy atom. The van der Waals surface area contributed by atoms with Crippen LogP contribution < -0.4 is 0 Å². The van der Waals surface area contributed by atoms with Gasteiger partial charge in [-0.15, -0.1) is 0 Å². The van der Waals surface area contributed by atoms with Gasteiger partial charge in [0.2, 0.25) is 0 Å². The van der Waals surface area contributed by atoms with Gasteiger partial charge in [0.1, 0.15) is 11.9 Å². The second-order valence-electron chi connectivity index (χ2n) is 4.13. The van der Waals surface area contributed by atoms with Gasteiger partial charge in [-0.2, -0.15) is 0 Å². The van der Waals surface area contributed by atoms with Crippen LogP contribution in [0.4, 0.5) is 0 Å². The molecular formula is C10H15N3O. The Hall–Kier alpha value is -1.00. The first-order chi connectivity index (χ1) is 6.62. The van der Waals surface area contributed by atoms with Crippen molar-refractivity contribution in [3.05, 3.63) is 24.3 Å². The lowest BCUT2D eigenvalue weighted by molar-refractivity contribution is 0.0478. The molecule has 2 unspecified atom stereocenters. The average Bonchev–Trinajstić information content (AvgIpc) is 2.44. The average molecular weight is 193 g/mol. The predicted molar refractivity (Wildman–Crippen MR) is 52.6 cm³/mol. The first kappa shape index (κ1) is 9.55. The van der Waals surface area contributed by atoms with Crippen molar-refractivity contribution in [3.63, 3.8) is 0 Å². The van der Waals surface area contributed by atoms with E-state index in [4.69, 9.17) is 0 Å². The standard InChI is InChI=1S/C10H15N3O/c1-8-3-10(14,6-13(8)2)9-4-11-7-12-5-9/h4-5,7-8,14H,3,6H2,1-2H3. The number of hydrogen-bond donors (Lipinski definition) is 1. The minimum Gasteiger partial charge on any atom is -0.384 e. The molecule has 1 aromatic heterocycles. The molecule has 2 heterocycles. The summed E-state index contributed by atoms with van der Waals surface area (Å²) >= 11 is 0. The van der Waals surface area contributed by atoms with E-state index in [2.05, 4.69) is 21.8 Å². The van der Waals surface area contributed by atoms with Crippen LogP contribution in [0.1, 0.15) is 18.9 Å². The molecule has 4 heteroatoms. The highest BCUT2D eigenvalue weighted by Crippen LogP contribution is 2.33. The third kappa shape index (κ3) is 1.51. The topological polar surface area (TPSA) is 49.3 Å². The van der Waals surface area contributed by atoms with Crippen molar-refractivity contribution in [3.8, 4) is 0 Å². The summed E-state index contributed by atoms with van der Waals surface area (Å²) in [7, 11) is 2.02. The number of likely N-dealkylation sites (tertiary alicyclic amines) is 1. The number of β-amino-alcohol motifs (C(OH)–C–C–N with tert-alkyl or cyclic N) is 1. The SMILES string of the molecule is CC1CC(O)(c2cncnc2)CN1C. The molecule has 0 amide bonds. The second kappa shape index (κ2) is 3.29. The van der Waals surface area contributed by atoms with Crippen molar-refractivity contribution in [1.29, 1.82) is 0 Å². The van der Waals surface area contributed by atoms with E-state index in [-0.39, 0.29) is 0 Å². The van der Waals surface area contributed by atoms with Gasteiger partial charge in [-0.25, -0.2) is 9.97 Å². The molecule has 1 aliphatic rings. The van der Waals surface area contributed by atoms with Gasteiger partial charge in [-0.3, -0.25) is 0 Å². The van der Waals surface area contributed by atoms with Crippen molar-refractivity contribution < 1.29 is 5.11 Å². The molecule has 1 aliphatic heterocycles. The molecule has 0 aliphatic carbocycles. The minimum absolute atomic E-state index is 0.403. The molecule has 0 bridgehead atoms. The Kier molecular flexibility index (Phi) is 2.25. The number of aromatic nitrogens is 2. The molecule has 0 aromatic carbocycles. The predicted octanol–water partition coefficient (Wildman–Crippen LogP) is 0.388. The fourth-order valence-corrected chi connectivity index (χ4v) is 2.03. The van der Waals surface area contributed by atoms with Gasteiger partial charge in [0, 0.05) is 30.5 Å². The van der Waals surface area contributed by atoms with E-state index in [9.17, 15) is 5.11 Å². The Labute approximate surface area is 83.6 Å². The van der Waals surface area contributed by atoms with Crippen LogP contribution in [0.25, 0.3) is 0 Å². The lowest BCUT2D eigenvalue weighted by atomic mass is 9.94. The molecule has 1 aromatic rings. The number of aliphatic hydroxyl groups is 1. The molecule has 4 nitrogen and oxygen atoms in total. The van der Waals surface area contributed by atoms with E-state index in [1.165, 1.54) is 6.33 Å². The minimum atomic E-state index is -0.768. The van der Waals surface area contributed by atoms with E-state index >= 15 is 0 Å². The molecule has 2 rings (SSSR count). The van der Waals surface area contributed by atoms with Crippen molar-refractivity contribution in [2.45, 2.75) is 25.0 Å². The first-order valence-electron chi connectivity index (χ1n) is 4.80. The Morgan fingerprint density at radius 1 is 1.50 bits per heavy atom. The maximum absolute atomic E-state index is 10.4. The first-order valence-corrected chi connectivity index (χ1v) is 4.80. The Morgan fingerprint density at radius 3 is 2.64 bits per heavy atom. The van der Waals surface area contributed by atoms with Crippen LogP contribution in [0.5, 0.6) is 0 Å². The lowest BCUT2D eigenvalue weighted by Gasteiger charge is -2.21. The highest BCUT2D eigenvalue weighted by Gasteiger charge is 2.40. The maximum atomic E-state index is 10.4. The van der Waals surface area contributed by atoms with Crippen LogP contribution in [-0.4, -0.2) is 39.6 Å². The molecule has 1 fully saturated rings. The van der Waals surface area contributed by atoms with Crippen LogP contribution in [0, 0.1) is 0 Å². The van der Waals surface area contributed by atoms with Crippen LogP contribution in [0.15, 0.2) is 18.7 Å². The Balaban J connectivity index is 2.27. The number of nitrogens with zero attached hydrogens (tertiary/aromatic N) is 3. The zero-order valence-corrected chi connectivity index (χ0v) is 8.51. The highest BCUT2D eigenvalue weighted by molar-refractivity contribution is 5.17. The van der Waals surface area contributed by atoms with E-state index in [1.54, 1.807) is 12.4 Å². The molecule has 14 heavy (non-hydrogen) atoms. The molecule has 0 radical (unpaired) electrons. The van der Waals surface area contributed by atoms with E-state index in [0.717, 1.165) is 12.0 Å². The van der Waals surface area contributed by atoms with Crippen LogP contribution in [0.3, 0.4) is 0 Å². The molecule has 1 N–H and O–H groups in total. The highest BCUT2D eigenvalue weighted by atomic mass is 16.3. The van der Waals surface area contributed by atoms with Crippen molar-refractivity contribution in [2.24, 2.45) is 0 Å². The van der Waals surface area contributed by atoms with Gasteiger partial charge in [-0.1, -0.05) is 0 Å². The molecule has 0 saturated carbocycles. The monoisotopic (exact) mass is 193 g/mol. The van der Waals surface area contributed by atoms with Crippen molar-refractivity contribution >= 4 is 0 Å². The summed E-state index contributed by atoms with van der Waals surface area (Å²) in [6, 6.07) is 0.403. The zero-order chi connectivity index (χ0) is 10.2. The van der Waals surface area contributed by atoms with E-state index < -0.39 is 5.60 Å². The number of likely N-dealkylation sites (N-methyl/N-ethyl adjacent to an activating group) is 1. The molecule has 0 spiro atoms. The summed E-state index contributed by atoms with van der Waals surface area (Å²) in [6.07, 6.45) is 5.61. The second-order valence-corrected chi connectivity index (χ2v) is 4.13. The lowest BCUT2D eigenvalue weighted by Crippen LogP contribution is -2.29. The summed E-state index contributed by atoms with van der Waals surface area (Å²) in [6.45, 7) is 2.77. The summed E-state index contributed by atoms with van der Waals surface area (Å²) in [5, 5.41) is 10.4. The summed E-state index contributed by atoms with van der Waals surface area (Å²) in [5.74, 6) is 0. The summed E-state index contributed by atoms with van der Waals surface area (Å²) in [5.41, 5.74) is 0.0475. The summed E-state index contributed by atoms with van der Waals surface area (Å²) in [4.78, 5) is 10.0. The molecule has 2 atom stereocenters. The number of rotatable bonds is 1. The third-order valence-corrected chi connectivity index (χ3v) is 2.99. The maximum Gasteiger partial charge on any atom is 0.115 e. The van der Waals surface area contributed by atoms with Crippen LogP contribution in [-0.2, 0) is 5.60 Å². The molecule has 1 saturated heterocycles. The van der Waals surface area contributed by atoms with Gasteiger partial charge in [0.05, 0.1) is 0 Å². The smallest absolute Gasteiger partial charge is 0.115 e. The fourth-order valence-electron chi connectivity index (χ4n) is 2.03. The van der Waals surface area contributed by atoms with Crippen molar-refractivity contribution in [2.75, 3.05) is 13.6 Å². The van der Waals surface area contributed by atoms with Crippen LogP contribution in [0.2, 0.25) is 0 Å². The quantitative estimate of drug-likeness (QED) is 0.701. The van der Waals surface area contributed by atoms with Crippen molar-refractivity contribution in [1.82, 2.24) is 14.9 Å². The number of hydrogen-bond acceptors (Lipinski definition) is 4. The third-order valence-electron chi connectivity index (χ3n) is 2.99. The van der Waals surface area contributed by atoms with Gasteiger partial charge in [-0.05, 0) is 20.4 Å². The van der Waals surface area contributed by atoms with Gasteiger partial charge in [0.25, 0.3) is 0 Å². The van der Waals surface area contributed by atoms with Crippen LogP contribution >= 0.6 is 0 Å². The molecule has 76 valence electrons. The van der Waals surface area contributed by atoms with Gasteiger partial charge >= 0.3 is 0 Å². The van der Waals surface area contributed by atoms with E-state index in [1.807, 2.05) is 7.05 Å². The Bertz CT molecular complexity index is 304.